The number of methoxy groups -OCH3 is 1. The lowest BCUT2D eigenvalue weighted by Gasteiger charge is -2.03. The summed E-state index contributed by atoms with van der Waals surface area (Å²) in [6.45, 7) is 2.57. The van der Waals surface area contributed by atoms with E-state index in [0.717, 1.165) is 12.8 Å². The number of ketones is 1. The number of Topliss-reactive ketones (excluding diaryl/α,β-unsaturated/α-hetero) is 1. The first-order chi connectivity index (χ1) is 8.60. The molecule has 1 aliphatic rings. The van der Waals surface area contributed by atoms with Crippen molar-refractivity contribution in [3.05, 3.63) is 10.4 Å². The third kappa shape index (κ3) is 2.20. The molecule has 0 unspecified atom stereocenters. The van der Waals surface area contributed by atoms with Crippen LogP contribution in [0.15, 0.2) is 0 Å². The van der Waals surface area contributed by atoms with Crippen LogP contribution in [0.3, 0.4) is 0 Å². The van der Waals surface area contributed by atoms with E-state index in [4.69, 9.17) is 10.5 Å². The highest BCUT2D eigenvalue weighted by molar-refractivity contribution is 7.19. The molecule has 5 nitrogen and oxygen atoms in total. The fraction of sp³-hybridized carbons (Fsp3) is 0.500. The minimum absolute atomic E-state index is 0.0480. The van der Waals surface area contributed by atoms with Crippen LogP contribution in [0, 0.1) is 5.92 Å². The fourth-order valence-electron chi connectivity index (χ4n) is 1.75. The number of thiophene rings is 1. The molecule has 0 radical (unpaired) electrons. The molecule has 1 saturated carbocycles. The zero-order valence-corrected chi connectivity index (χ0v) is 11.2. The van der Waals surface area contributed by atoms with Crippen molar-refractivity contribution < 1.29 is 14.3 Å². The van der Waals surface area contributed by atoms with Gasteiger partial charge in [-0.15, -0.1) is 11.3 Å². The van der Waals surface area contributed by atoms with Gasteiger partial charge >= 0.3 is 5.97 Å². The lowest BCUT2D eigenvalue weighted by Crippen LogP contribution is -2.09. The molecular formula is C12H16N2O3S. The first-order valence-electron chi connectivity index (χ1n) is 5.88. The van der Waals surface area contributed by atoms with E-state index < -0.39 is 5.97 Å². The molecule has 2 rings (SSSR count). The lowest BCUT2D eigenvalue weighted by molar-refractivity contribution is 0.0603. The smallest absolute Gasteiger partial charge is 0.343 e. The van der Waals surface area contributed by atoms with Crippen LogP contribution in [0.1, 0.15) is 39.8 Å². The van der Waals surface area contributed by atoms with Gasteiger partial charge in [0.1, 0.15) is 10.6 Å². The van der Waals surface area contributed by atoms with Gasteiger partial charge in [-0.1, -0.05) is 0 Å². The van der Waals surface area contributed by atoms with Crippen molar-refractivity contribution in [2.24, 2.45) is 5.92 Å². The number of anilines is 2. The Kier molecular flexibility index (Phi) is 3.56. The van der Waals surface area contributed by atoms with Gasteiger partial charge in [0.05, 0.1) is 17.7 Å². The Morgan fingerprint density at radius 1 is 1.50 bits per heavy atom. The van der Waals surface area contributed by atoms with Gasteiger partial charge in [-0.3, -0.25) is 4.79 Å². The molecule has 1 aliphatic carbocycles. The first-order valence-corrected chi connectivity index (χ1v) is 6.70. The van der Waals surface area contributed by atoms with Gasteiger partial charge in [0.2, 0.25) is 0 Å². The summed E-state index contributed by atoms with van der Waals surface area (Å²) in [6.07, 6.45) is 1.83. The van der Waals surface area contributed by atoms with Crippen LogP contribution in [0.2, 0.25) is 0 Å². The maximum Gasteiger partial charge on any atom is 0.343 e. The number of hydrogen-bond acceptors (Lipinski definition) is 6. The van der Waals surface area contributed by atoms with Crippen LogP contribution in [0.5, 0.6) is 0 Å². The molecular weight excluding hydrogens is 252 g/mol. The van der Waals surface area contributed by atoms with Crippen molar-refractivity contribution in [1.82, 2.24) is 0 Å². The van der Waals surface area contributed by atoms with Crippen LogP contribution in [-0.2, 0) is 4.74 Å². The molecule has 0 amide bonds. The van der Waals surface area contributed by atoms with Crippen LogP contribution >= 0.6 is 11.3 Å². The van der Waals surface area contributed by atoms with Crippen LogP contribution in [0.4, 0.5) is 10.7 Å². The second-order valence-electron chi connectivity index (χ2n) is 4.21. The number of ether oxygens (including phenoxy) is 1. The summed E-state index contributed by atoms with van der Waals surface area (Å²) in [6, 6.07) is 0. The molecule has 1 heterocycles. The molecule has 0 spiro atoms. The van der Waals surface area contributed by atoms with E-state index in [0.29, 0.717) is 16.4 Å². The maximum absolute atomic E-state index is 12.1. The maximum atomic E-state index is 12.1. The summed E-state index contributed by atoms with van der Waals surface area (Å²) < 4.78 is 4.71. The summed E-state index contributed by atoms with van der Waals surface area (Å²) in [5, 5.41) is 3.67. The molecule has 0 aromatic carbocycles. The Balaban J connectivity index is 2.42. The quantitative estimate of drug-likeness (QED) is 0.631. The second-order valence-corrected chi connectivity index (χ2v) is 5.23. The number of nitrogens with two attached hydrogens (primary N) is 1. The molecule has 18 heavy (non-hydrogen) atoms. The molecule has 6 heteroatoms. The monoisotopic (exact) mass is 268 g/mol. The molecule has 0 atom stereocenters. The van der Waals surface area contributed by atoms with Gasteiger partial charge in [0, 0.05) is 12.5 Å². The molecule has 0 aliphatic heterocycles. The molecule has 0 saturated heterocycles. The van der Waals surface area contributed by atoms with Crippen LogP contribution in [0.25, 0.3) is 0 Å². The van der Waals surface area contributed by atoms with Crippen molar-refractivity contribution in [3.8, 4) is 0 Å². The Labute approximate surface area is 109 Å². The average molecular weight is 268 g/mol. The summed E-state index contributed by atoms with van der Waals surface area (Å²) in [5.41, 5.74) is 6.46. The number of nitrogen functional groups attached to an aromatic ring is 1. The summed E-state index contributed by atoms with van der Waals surface area (Å²) >= 11 is 1.24. The van der Waals surface area contributed by atoms with Crippen LogP contribution < -0.4 is 11.1 Å². The van der Waals surface area contributed by atoms with Crippen molar-refractivity contribution in [3.63, 3.8) is 0 Å². The highest BCUT2D eigenvalue weighted by atomic mass is 32.1. The van der Waals surface area contributed by atoms with E-state index in [1.807, 2.05) is 6.92 Å². The Bertz CT molecular complexity index is 492. The summed E-state index contributed by atoms with van der Waals surface area (Å²) in [7, 11) is 1.30. The van der Waals surface area contributed by atoms with Gasteiger partial charge in [-0.05, 0) is 19.8 Å². The molecule has 1 fully saturated rings. The van der Waals surface area contributed by atoms with E-state index in [1.165, 1.54) is 18.4 Å². The fourth-order valence-corrected chi connectivity index (χ4v) is 2.94. The molecule has 3 N–H and O–H groups in total. The van der Waals surface area contributed by atoms with E-state index in [2.05, 4.69) is 5.32 Å². The van der Waals surface area contributed by atoms with Gasteiger partial charge in [-0.2, -0.15) is 0 Å². The zero-order valence-electron chi connectivity index (χ0n) is 10.4. The van der Waals surface area contributed by atoms with E-state index in [1.54, 1.807) is 0 Å². The lowest BCUT2D eigenvalue weighted by atomic mass is 10.1. The van der Waals surface area contributed by atoms with Gasteiger partial charge in [0.15, 0.2) is 5.78 Å². The molecule has 0 bridgehead atoms. The predicted octanol–water partition coefficient (Wildman–Crippen LogP) is 2.14. The molecule has 1 aromatic heterocycles. The average Bonchev–Trinajstić information content (AvgIpc) is 3.14. The first kappa shape index (κ1) is 12.9. The highest BCUT2D eigenvalue weighted by Crippen LogP contribution is 2.41. The normalized spacial score (nSPS) is 14.3. The Morgan fingerprint density at radius 3 is 2.67 bits per heavy atom. The second kappa shape index (κ2) is 4.97. The number of carbonyl (C=O) groups is 2. The third-order valence-corrected chi connectivity index (χ3v) is 4.02. The Hall–Kier alpha value is -1.56. The van der Waals surface area contributed by atoms with Crippen molar-refractivity contribution >= 4 is 33.8 Å². The number of rotatable bonds is 5. The third-order valence-electron chi connectivity index (χ3n) is 2.84. The van der Waals surface area contributed by atoms with E-state index in [-0.39, 0.29) is 23.0 Å². The number of nitrogens with one attached hydrogen (secondary N) is 1. The van der Waals surface area contributed by atoms with E-state index >= 15 is 0 Å². The Morgan fingerprint density at radius 2 is 2.17 bits per heavy atom. The zero-order chi connectivity index (χ0) is 13.3. The number of carbonyl (C=O) groups excluding carboxylic acids is 2. The van der Waals surface area contributed by atoms with Gasteiger partial charge < -0.3 is 15.8 Å². The highest BCUT2D eigenvalue weighted by Gasteiger charge is 2.35. The predicted molar refractivity (Wildman–Crippen MR) is 71.3 cm³/mol. The van der Waals surface area contributed by atoms with E-state index in [9.17, 15) is 9.59 Å². The van der Waals surface area contributed by atoms with Gasteiger partial charge in [0.25, 0.3) is 0 Å². The molecule has 1 aromatic rings. The van der Waals surface area contributed by atoms with Crippen LogP contribution in [-0.4, -0.2) is 25.4 Å². The summed E-state index contributed by atoms with van der Waals surface area (Å²) in [5.74, 6) is -0.368. The number of hydrogen-bond donors (Lipinski definition) is 2. The topological polar surface area (TPSA) is 81.4 Å². The summed E-state index contributed by atoms with van der Waals surface area (Å²) in [4.78, 5) is 24.2. The minimum Gasteiger partial charge on any atom is -0.465 e. The molecule has 98 valence electrons. The standard InChI is InChI=1S/C12H16N2O3S/c1-3-14-11-7(12(16)17-2)8(13)10(18-11)9(15)6-4-5-6/h6,14H,3-5,13H2,1-2H3. The minimum atomic E-state index is -0.505. The van der Waals surface area contributed by atoms with Gasteiger partial charge in [-0.25, -0.2) is 4.79 Å². The largest absolute Gasteiger partial charge is 0.465 e. The van der Waals surface area contributed by atoms with Crippen molar-refractivity contribution in [2.45, 2.75) is 19.8 Å². The van der Waals surface area contributed by atoms with Crippen molar-refractivity contribution in [1.29, 1.82) is 0 Å². The van der Waals surface area contributed by atoms with Crippen molar-refractivity contribution in [2.75, 3.05) is 24.7 Å². The SMILES string of the molecule is CCNc1sc(C(=O)C2CC2)c(N)c1C(=O)OC. The number of esters is 1.